The van der Waals surface area contributed by atoms with E-state index in [-0.39, 0.29) is 30.1 Å². The van der Waals surface area contributed by atoms with Crippen LogP contribution < -0.4 is 5.32 Å². The molecule has 0 amide bonds. The van der Waals surface area contributed by atoms with E-state index in [2.05, 4.69) is 41.0 Å². The van der Waals surface area contributed by atoms with Crippen LogP contribution in [0.2, 0.25) is 0 Å². The van der Waals surface area contributed by atoms with Crippen LogP contribution in [0.3, 0.4) is 0 Å². The minimum absolute atomic E-state index is 0. The number of aliphatic hydroxyl groups is 1. The highest BCUT2D eigenvalue weighted by molar-refractivity contribution is 14.0. The maximum Gasteiger partial charge on any atom is 0.194 e. The Morgan fingerprint density at radius 2 is 2.22 bits per heavy atom. The molecule has 0 aliphatic carbocycles. The zero-order valence-electron chi connectivity index (χ0n) is 11.7. The standard InChI is InChI=1S/C12H26N4O.HI/c1-4-13-12(14-7-9-15(3)5-2)16-8-6-11(17)10-16;/h11,17H,4-10H2,1-3H3,(H,13,14);1H/t11-;/m1./s1. The second kappa shape index (κ2) is 9.80. The summed E-state index contributed by atoms with van der Waals surface area (Å²) >= 11 is 0. The minimum Gasteiger partial charge on any atom is -0.391 e. The zero-order chi connectivity index (χ0) is 12.7. The average Bonchev–Trinajstić information content (AvgIpc) is 2.74. The summed E-state index contributed by atoms with van der Waals surface area (Å²) in [6, 6.07) is 0. The summed E-state index contributed by atoms with van der Waals surface area (Å²) in [6.45, 7) is 9.52. The van der Waals surface area contributed by atoms with Gasteiger partial charge in [-0.1, -0.05) is 6.92 Å². The second-order valence-electron chi connectivity index (χ2n) is 4.52. The van der Waals surface area contributed by atoms with Crippen LogP contribution >= 0.6 is 24.0 Å². The van der Waals surface area contributed by atoms with Crippen LogP contribution in [0.15, 0.2) is 4.99 Å². The van der Waals surface area contributed by atoms with Gasteiger partial charge in [0.25, 0.3) is 0 Å². The highest BCUT2D eigenvalue weighted by Gasteiger charge is 2.22. The highest BCUT2D eigenvalue weighted by atomic mass is 127. The SMILES string of the molecule is CCNC(=NCCN(C)CC)N1CC[C@@H](O)C1.I. The van der Waals surface area contributed by atoms with Crippen molar-refractivity contribution in [3.05, 3.63) is 0 Å². The highest BCUT2D eigenvalue weighted by Crippen LogP contribution is 2.08. The van der Waals surface area contributed by atoms with E-state index in [1.54, 1.807) is 0 Å². The lowest BCUT2D eigenvalue weighted by molar-refractivity contribution is 0.187. The number of hydrogen-bond donors (Lipinski definition) is 2. The summed E-state index contributed by atoms with van der Waals surface area (Å²) in [5.74, 6) is 0.938. The molecule has 0 spiro atoms. The first-order valence-corrected chi connectivity index (χ1v) is 6.57. The molecule has 1 atom stereocenters. The third kappa shape index (κ3) is 6.19. The number of aliphatic hydroxyl groups excluding tert-OH is 1. The molecule has 0 aromatic carbocycles. The lowest BCUT2D eigenvalue weighted by Crippen LogP contribution is -2.41. The van der Waals surface area contributed by atoms with Gasteiger partial charge < -0.3 is 20.2 Å². The fourth-order valence-electron chi connectivity index (χ4n) is 1.84. The van der Waals surface area contributed by atoms with Crippen molar-refractivity contribution in [3.63, 3.8) is 0 Å². The average molecular weight is 370 g/mol. The van der Waals surface area contributed by atoms with Gasteiger partial charge in [-0.25, -0.2) is 0 Å². The van der Waals surface area contributed by atoms with Crippen molar-refractivity contribution < 1.29 is 5.11 Å². The van der Waals surface area contributed by atoms with Gasteiger partial charge >= 0.3 is 0 Å². The van der Waals surface area contributed by atoms with E-state index in [0.717, 1.165) is 45.1 Å². The van der Waals surface area contributed by atoms with Gasteiger partial charge in [-0.2, -0.15) is 0 Å². The number of likely N-dealkylation sites (N-methyl/N-ethyl adjacent to an activating group) is 1. The minimum atomic E-state index is -0.197. The molecule has 1 fully saturated rings. The summed E-state index contributed by atoms with van der Waals surface area (Å²) in [7, 11) is 2.10. The molecular weight excluding hydrogens is 343 g/mol. The number of rotatable bonds is 5. The molecule has 1 heterocycles. The molecule has 0 saturated carbocycles. The van der Waals surface area contributed by atoms with Crippen LogP contribution in [-0.4, -0.2) is 73.3 Å². The lowest BCUT2D eigenvalue weighted by atomic mass is 10.3. The molecule has 0 radical (unpaired) electrons. The maximum absolute atomic E-state index is 9.54. The van der Waals surface area contributed by atoms with Crippen LogP contribution in [0.1, 0.15) is 20.3 Å². The summed E-state index contributed by atoms with van der Waals surface area (Å²) in [4.78, 5) is 8.98. The quantitative estimate of drug-likeness (QED) is 0.423. The van der Waals surface area contributed by atoms with Gasteiger partial charge in [-0.05, 0) is 26.9 Å². The Balaban J connectivity index is 0.00000289. The number of hydrogen-bond acceptors (Lipinski definition) is 3. The molecule has 18 heavy (non-hydrogen) atoms. The largest absolute Gasteiger partial charge is 0.391 e. The van der Waals surface area contributed by atoms with Gasteiger partial charge in [0.05, 0.1) is 12.6 Å². The van der Waals surface area contributed by atoms with Crippen molar-refractivity contribution in [3.8, 4) is 0 Å². The van der Waals surface area contributed by atoms with Gasteiger partial charge in [0.2, 0.25) is 0 Å². The van der Waals surface area contributed by atoms with Crippen molar-refractivity contribution in [2.45, 2.75) is 26.4 Å². The molecule has 5 nitrogen and oxygen atoms in total. The molecule has 0 aromatic rings. The predicted octanol–water partition coefficient (Wildman–Crippen LogP) is 0.588. The maximum atomic E-state index is 9.54. The number of likely N-dealkylation sites (tertiary alicyclic amines) is 1. The third-order valence-electron chi connectivity index (χ3n) is 3.08. The summed E-state index contributed by atoms with van der Waals surface area (Å²) in [5, 5.41) is 12.8. The number of halogens is 1. The van der Waals surface area contributed by atoms with E-state index in [4.69, 9.17) is 0 Å². The molecular formula is C12H27IN4O. The van der Waals surface area contributed by atoms with E-state index in [0.29, 0.717) is 6.54 Å². The fraction of sp³-hybridized carbons (Fsp3) is 0.917. The van der Waals surface area contributed by atoms with Crippen molar-refractivity contribution in [2.24, 2.45) is 4.99 Å². The molecule has 1 rings (SSSR count). The van der Waals surface area contributed by atoms with Gasteiger partial charge in [0.15, 0.2) is 5.96 Å². The Labute approximate surface area is 128 Å². The normalized spacial score (nSPS) is 20.2. The molecule has 1 saturated heterocycles. The number of aliphatic imine (C=N–C) groups is 1. The number of guanidine groups is 1. The molecule has 2 N–H and O–H groups in total. The smallest absolute Gasteiger partial charge is 0.194 e. The Morgan fingerprint density at radius 1 is 1.50 bits per heavy atom. The first-order chi connectivity index (χ1) is 8.17. The Morgan fingerprint density at radius 3 is 2.72 bits per heavy atom. The van der Waals surface area contributed by atoms with E-state index < -0.39 is 0 Å². The van der Waals surface area contributed by atoms with Crippen molar-refractivity contribution >= 4 is 29.9 Å². The summed E-state index contributed by atoms with van der Waals surface area (Å²) < 4.78 is 0. The lowest BCUT2D eigenvalue weighted by Gasteiger charge is -2.21. The van der Waals surface area contributed by atoms with Gasteiger partial charge in [-0.3, -0.25) is 4.99 Å². The monoisotopic (exact) mass is 370 g/mol. The van der Waals surface area contributed by atoms with Crippen LogP contribution in [0.25, 0.3) is 0 Å². The third-order valence-corrected chi connectivity index (χ3v) is 3.08. The second-order valence-corrected chi connectivity index (χ2v) is 4.52. The van der Waals surface area contributed by atoms with Crippen molar-refractivity contribution in [2.75, 3.05) is 46.3 Å². The van der Waals surface area contributed by atoms with Crippen LogP contribution in [0, 0.1) is 0 Å². The molecule has 0 unspecified atom stereocenters. The summed E-state index contributed by atoms with van der Waals surface area (Å²) in [5.41, 5.74) is 0. The number of β-amino-alcohol motifs (C(OH)–C–C–N with tert-alkyl or cyclic N) is 1. The predicted molar refractivity (Wildman–Crippen MR) is 86.8 cm³/mol. The fourth-order valence-corrected chi connectivity index (χ4v) is 1.84. The van der Waals surface area contributed by atoms with Crippen molar-refractivity contribution in [1.29, 1.82) is 0 Å². The Hall–Kier alpha value is -0.0800. The Bertz CT molecular complexity index is 250. The number of nitrogens with zero attached hydrogens (tertiary/aromatic N) is 3. The van der Waals surface area contributed by atoms with Gasteiger partial charge in [-0.15, -0.1) is 24.0 Å². The van der Waals surface area contributed by atoms with Crippen molar-refractivity contribution in [1.82, 2.24) is 15.1 Å². The van der Waals surface area contributed by atoms with Crippen LogP contribution in [0.4, 0.5) is 0 Å². The van der Waals surface area contributed by atoms with E-state index >= 15 is 0 Å². The molecule has 1 aliphatic rings. The number of nitrogens with one attached hydrogen (secondary N) is 1. The van der Waals surface area contributed by atoms with E-state index in [9.17, 15) is 5.11 Å². The zero-order valence-corrected chi connectivity index (χ0v) is 14.1. The molecule has 6 heteroatoms. The first-order valence-electron chi connectivity index (χ1n) is 6.57. The van der Waals surface area contributed by atoms with E-state index in [1.165, 1.54) is 0 Å². The van der Waals surface area contributed by atoms with E-state index in [1.807, 2.05) is 0 Å². The Kier molecular flexibility index (Phi) is 9.76. The molecule has 0 bridgehead atoms. The summed E-state index contributed by atoms with van der Waals surface area (Å²) in [6.07, 6.45) is 0.649. The van der Waals surface area contributed by atoms with Gasteiger partial charge in [0, 0.05) is 26.2 Å². The molecule has 0 aromatic heterocycles. The first kappa shape index (κ1) is 17.9. The topological polar surface area (TPSA) is 51.1 Å². The van der Waals surface area contributed by atoms with Crippen LogP contribution in [-0.2, 0) is 0 Å². The van der Waals surface area contributed by atoms with Gasteiger partial charge in [0.1, 0.15) is 0 Å². The molecule has 108 valence electrons. The molecule has 1 aliphatic heterocycles. The van der Waals surface area contributed by atoms with Crippen LogP contribution in [0.5, 0.6) is 0 Å².